The summed E-state index contributed by atoms with van der Waals surface area (Å²) in [5, 5.41) is 2.60. The molecule has 0 heterocycles. The number of nitrogens with zero attached hydrogens (tertiary/aromatic N) is 1. The minimum atomic E-state index is -0.00792. The van der Waals surface area contributed by atoms with Crippen molar-refractivity contribution in [3.05, 3.63) is 29.3 Å². The molecule has 0 fully saturated rings. The number of ether oxygens (including phenoxy) is 1. The zero-order chi connectivity index (χ0) is 13.5. The number of carbonyl (C=O) groups is 1. The van der Waals surface area contributed by atoms with E-state index in [1.165, 1.54) is 0 Å². The monoisotopic (exact) mass is 251 g/mol. The standard InChI is InChI=1S/C13H21N3O2/c1-15-13(17)9-16(2)8-11-6-10(7-14)4-5-12(11)18-3/h4-6H,7-9,14H2,1-3H3,(H,15,17). The maximum atomic E-state index is 11.3. The Kier molecular flexibility index (Phi) is 5.61. The van der Waals surface area contributed by atoms with Crippen LogP contribution in [-0.4, -0.2) is 38.6 Å². The van der Waals surface area contributed by atoms with Crippen LogP contribution in [-0.2, 0) is 17.9 Å². The summed E-state index contributed by atoms with van der Waals surface area (Å²) >= 11 is 0. The summed E-state index contributed by atoms with van der Waals surface area (Å²) in [6.45, 7) is 1.49. The Balaban J connectivity index is 2.78. The molecule has 3 N–H and O–H groups in total. The van der Waals surface area contributed by atoms with Gasteiger partial charge < -0.3 is 15.8 Å². The number of likely N-dealkylation sites (N-methyl/N-ethyl adjacent to an activating group) is 2. The summed E-state index contributed by atoms with van der Waals surface area (Å²) in [6.07, 6.45) is 0. The third-order valence-electron chi connectivity index (χ3n) is 2.71. The molecule has 0 aliphatic carbocycles. The van der Waals surface area contributed by atoms with E-state index >= 15 is 0 Å². The molecule has 5 heteroatoms. The first-order valence-electron chi connectivity index (χ1n) is 5.85. The van der Waals surface area contributed by atoms with Crippen LogP contribution in [0.15, 0.2) is 18.2 Å². The minimum Gasteiger partial charge on any atom is -0.496 e. The third-order valence-corrected chi connectivity index (χ3v) is 2.71. The zero-order valence-electron chi connectivity index (χ0n) is 11.2. The normalized spacial score (nSPS) is 10.5. The van der Waals surface area contributed by atoms with Gasteiger partial charge in [-0.25, -0.2) is 0 Å². The highest BCUT2D eigenvalue weighted by molar-refractivity contribution is 5.77. The van der Waals surface area contributed by atoms with Crippen LogP contribution in [0.4, 0.5) is 0 Å². The fourth-order valence-corrected chi connectivity index (χ4v) is 1.75. The van der Waals surface area contributed by atoms with E-state index in [1.807, 2.05) is 30.1 Å². The number of amides is 1. The Morgan fingerprint density at radius 3 is 2.78 bits per heavy atom. The highest BCUT2D eigenvalue weighted by Gasteiger charge is 2.09. The van der Waals surface area contributed by atoms with Crippen molar-refractivity contribution in [2.24, 2.45) is 5.73 Å². The number of benzene rings is 1. The highest BCUT2D eigenvalue weighted by atomic mass is 16.5. The first-order valence-corrected chi connectivity index (χ1v) is 5.85. The number of nitrogens with one attached hydrogen (secondary N) is 1. The van der Waals surface area contributed by atoms with Gasteiger partial charge >= 0.3 is 0 Å². The third kappa shape index (κ3) is 4.01. The van der Waals surface area contributed by atoms with Crippen LogP contribution in [0.5, 0.6) is 5.75 Å². The average molecular weight is 251 g/mol. The van der Waals surface area contributed by atoms with Gasteiger partial charge in [0, 0.05) is 25.7 Å². The van der Waals surface area contributed by atoms with Crippen molar-refractivity contribution in [2.75, 3.05) is 27.7 Å². The van der Waals surface area contributed by atoms with Crippen LogP contribution < -0.4 is 15.8 Å². The molecule has 0 saturated carbocycles. The van der Waals surface area contributed by atoms with Crippen LogP contribution in [0.1, 0.15) is 11.1 Å². The molecule has 1 rings (SSSR count). The Morgan fingerprint density at radius 2 is 2.22 bits per heavy atom. The van der Waals surface area contributed by atoms with Crippen molar-refractivity contribution in [1.82, 2.24) is 10.2 Å². The van der Waals surface area contributed by atoms with Gasteiger partial charge in [0.05, 0.1) is 13.7 Å². The van der Waals surface area contributed by atoms with Gasteiger partial charge in [-0.2, -0.15) is 0 Å². The number of rotatable bonds is 6. The average Bonchev–Trinajstić information content (AvgIpc) is 2.38. The van der Waals surface area contributed by atoms with Crippen molar-refractivity contribution < 1.29 is 9.53 Å². The summed E-state index contributed by atoms with van der Waals surface area (Å²) in [5.74, 6) is 0.808. The summed E-state index contributed by atoms with van der Waals surface area (Å²) in [7, 11) is 5.16. The number of nitrogens with two attached hydrogens (primary N) is 1. The van der Waals surface area contributed by atoms with Crippen molar-refractivity contribution in [3.8, 4) is 5.75 Å². The lowest BCUT2D eigenvalue weighted by atomic mass is 10.1. The summed E-state index contributed by atoms with van der Waals surface area (Å²) in [4.78, 5) is 13.2. The molecule has 0 bridgehead atoms. The predicted molar refractivity (Wildman–Crippen MR) is 71.3 cm³/mol. The quantitative estimate of drug-likeness (QED) is 0.764. The molecular formula is C13H21N3O2. The maximum absolute atomic E-state index is 11.3. The molecular weight excluding hydrogens is 230 g/mol. The zero-order valence-corrected chi connectivity index (χ0v) is 11.2. The predicted octanol–water partition coefficient (Wildman–Crippen LogP) is 0.332. The van der Waals surface area contributed by atoms with Crippen molar-refractivity contribution >= 4 is 5.91 Å². The van der Waals surface area contributed by atoms with E-state index in [0.29, 0.717) is 19.6 Å². The molecule has 0 atom stereocenters. The van der Waals surface area contributed by atoms with E-state index in [4.69, 9.17) is 10.5 Å². The Morgan fingerprint density at radius 1 is 1.50 bits per heavy atom. The van der Waals surface area contributed by atoms with E-state index in [1.54, 1.807) is 14.2 Å². The lowest BCUT2D eigenvalue weighted by molar-refractivity contribution is -0.121. The van der Waals surface area contributed by atoms with Crippen LogP contribution >= 0.6 is 0 Å². The first kappa shape index (κ1) is 14.5. The maximum Gasteiger partial charge on any atom is 0.233 e. The molecule has 0 aliphatic heterocycles. The fraction of sp³-hybridized carbons (Fsp3) is 0.462. The smallest absolute Gasteiger partial charge is 0.233 e. The molecule has 0 spiro atoms. The SMILES string of the molecule is CNC(=O)CN(C)Cc1cc(CN)ccc1OC. The minimum absolute atomic E-state index is 0.00792. The second-order valence-electron chi connectivity index (χ2n) is 4.20. The van der Waals surface area contributed by atoms with Gasteiger partial charge in [0.1, 0.15) is 5.75 Å². The molecule has 0 aromatic heterocycles. The molecule has 0 aliphatic rings. The van der Waals surface area contributed by atoms with Crippen LogP contribution in [0, 0.1) is 0 Å². The van der Waals surface area contributed by atoms with Crippen molar-refractivity contribution in [1.29, 1.82) is 0 Å². The van der Waals surface area contributed by atoms with E-state index in [2.05, 4.69) is 5.32 Å². The highest BCUT2D eigenvalue weighted by Crippen LogP contribution is 2.21. The lowest BCUT2D eigenvalue weighted by Crippen LogP contribution is -2.32. The topological polar surface area (TPSA) is 67.6 Å². The molecule has 1 aromatic carbocycles. The van der Waals surface area contributed by atoms with Crippen molar-refractivity contribution in [3.63, 3.8) is 0 Å². The second-order valence-corrected chi connectivity index (χ2v) is 4.20. The van der Waals surface area contributed by atoms with Crippen LogP contribution in [0.2, 0.25) is 0 Å². The van der Waals surface area contributed by atoms with Crippen LogP contribution in [0.3, 0.4) is 0 Å². The molecule has 0 unspecified atom stereocenters. The van der Waals surface area contributed by atoms with E-state index in [9.17, 15) is 4.79 Å². The Bertz CT molecular complexity index is 407. The molecule has 1 aromatic rings. The molecule has 18 heavy (non-hydrogen) atoms. The number of hydrogen-bond donors (Lipinski definition) is 2. The van der Waals surface area contributed by atoms with Gasteiger partial charge in [-0.15, -0.1) is 0 Å². The molecule has 100 valence electrons. The second kappa shape index (κ2) is 6.98. The van der Waals surface area contributed by atoms with Crippen molar-refractivity contribution in [2.45, 2.75) is 13.1 Å². The summed E-state index contributed by atoms with van der Waals surface area (Å²) < 4.78 is 5.31. The van der Waals surface area contributed by atoms with Gasteiger partial charge in [0.25, 0.3) is 0 Å². The largest absolute Gasteiger partial charge is 0.496 e. The molecule has 5 nitrogen and oxygen atoms in total. The summed E-state index contributed by atoms with van der Waals surface area (Å²) in [6, 6.07) is 5.87. The lowest BCUT2D eigenvalue weighted by Gasteiger charge is -2.18. The first-order chi connectivity index (χ1) is 8.60. The Hall–Kier alpha value is -1.59. The number of carbonyl (C=O) groups excluding carboxylic acids is 1. The van der Waals surface area contributed by atoms with Gasteiger partial charge in [-0.3, -0.25) is 9.69 Å². The molecule has 0 saturated heterocycles. The Labute approximate surface area is 108 Å². The van der Waals surface area contributed by atoms with Gasteiger partial charge in [-0.1, -0.05) is 6.07 Å². The number of methoxy groups -OCH3 is 1. The van der Waals surface area contributed by atoms with E-state index in [0.717, 1.165) is 16.9 Å². The van der Waals surface area contributed by atoms with Crippen LogP contribution in [0.25, 0.3) is 0 Å². The molecule has 0 radical (unpaired) electrons. The van der Waals surface area contributed by atoms with E-state index < -0.39 is 0 Å². The van der Waals surface area contributed by atoms with Gasteiger partial charge in [-0.05, 0) is 24.7 Å². The fourth-order valence-electron chi connectivity index (χ4n) is 1.75. The summed E-state index contributed by atoms with van der Waals surface area (Å²) in [5.41, 5.74) is 7.71. The number of hydrogen-bond acceptors (Lipinski definition) is 4. The molecule has 1 amide bonds. The van der Waals surface area contributed by atoms with Gasteiger partial charge in [0.2, 0.25) is 5.91 Å². The van der Waals surface area contributed by atoms with Gasteiger partial charge in [0.15, 0.2) is 0 Å². The van der Waals surface area contributed by atoms with E-state index in [-0.39, 0.29) is 5.91 Å².